The van der Waals surface area contributed by atoms with Gasteiger partial charge in [-0.1, -0.05) is 12.0 Å². The molecule has 0 aliphatic rings. The van der Waals surface area contributed by atoms with Crippen molar-refractivity contribution in [3.63, 3.8) is 0 Å². The second kappa shape index (κ2) is 6.11. The van der Waals surface area contributed by atoms with E-state index in [9.17, 15) is 0 Å². The molecule has 96 valence electrons. The molecule has 2 aromatic rings. The van der Waals surface area contributed by atoms with Gasteiger partial charge in [-0.15, -0.1) is 5.10 Å². The highest BCUT2D eigenvalue weighted by atomic mass is 16.4. The van der Waals surface area contributed by atoms with Crippen LogP contribution in [0.3, 0.4) is 0 Å². The van der Waals surface area contributed by atoms with Crippen LogP contribution in [-0.2, 0) is 13.1 Å². The third kappa shape index (κ3) is 3.27. The lowest BCUT2D eigenvalue weighted by molar-refractivity contribution is 0.469. The van der Waals surface area contributed by atoms with Gasteiger partial charge in [0.05, 0.1) is 6.54 Å². The fourth-order valence-corrected chi connectivity index (χ4v) is 1.53. The predicted octanol–water partition coefficient (Wildman–Crippen LogP) is 1.21. The van der Waals surface area contributed by atoms with Crippen molar-refractivity contribution >= 4 is 6.01 Å². The molecule has 0 aromatic carbocycles. The highest BCUT2D eigenvalue weighted by Gasteiger charge is 2.10. The Bertz CT molecular complexity index is 470. The van der Waals surface area contributed by atoms with Gasteiger partial charge in [0.15, 0.2) is 0 Å². The standard InChI is InChI=1S/C12H17N5O/c1-3-13-8-11-15-16-12(18-11)17(2)9-10-4-6-14-7-5-10/h4-7,13H,3,8-9H2,1-2H3. The number of nitrogens with zero attached hydrogens (tertiary/aromatic N) is 4. The van der Waals surface area contributed by atoms with Crippen molar-refractivity contribution in [3.8, 4) is 0 Å². The summed E-state index contributed by atoms with van der Waals surface area (Å²) in [5, 5.41) is 11.1. The summed E-state index contributed by atoms with van der Waals surface area (Å²) >= 11 is 0. The zero-order valence-electron chi connectivity index (χ0n) is 10.6. The Labute approximate surface area is 106 Å². The summed E-state index contributed by atoms with van der Waals surface area (Å²) in [5.41, 5.74) is 1.15. The highest BCUT2D eigenvalue weighted by Crippen LogP contribution is 2.13. The van der Waals surface area contributed by atoms with Crippen LogP contribution in [0.2, 0.25) is 0 Å². The van der Waals surface area contributed by atoms with Crippen LogP contribution in [0.25, 0.3) is 0 Å². The molecule has 0 saturated heterocycles. The molecular formula is C12H17N5O. The van der Waals surface area contributed by atoms with Crippen LogP contribution in [0.15, 0.2) is 28.9 Å². The van der Waals surface area contributed by atoms with Gasteiger partial charge in [0.25, 0.3) is 0 Å². The zero-order chi connectivity index (χ0) is 12.8. The minimum absolute atomic E-state index is 0.528. The van der Waals surface area contributed by atoms with E-state index >= 15 is 0 Å². The van der Waals surface area contributed by atoms with Gasteiger partial charge in [0.1, 0.15) is 0 Å². The van der Waals surface area contributed by atoms with Gasteiger partial charge in [-0.25, -0.2) is 0 Å². The van der Waals surface area contributed by atoms with Crippen molar-refractivity contribution in [2.75, 3.05) is 18.5 Å². The number of hydrogen-bond acceptors (Lipinski definition) is 6. The molecule has 0 unspecified atom stereocenters. The molecule has 0 aliphatic heterocycles. The van der Waals surface area contributed by atoms with E-state index in [1.807, 2.05) is 31.0 Å². The van der Waals surface area contributed by atoms with Gasteiger partial charge in [-0.3, -0.25) is 4.98 Å². The third-order valence-corrected chi connectivity index (χ3v) is 2.48. The molecule has 0 bridgehead atoms. The SMILES string of the molecule is CCNCc1nnc(N(C)Cc2ccncc2)o1. The monoisotopic (exact) mass is 247 g/mol. The number of anilines is 1. The Morgan fingerprint density at radius 2 is 2.06 bits per heavy atom. The van der Waals surface area contributed by atoms with Crippen LogP contribution in [0.4, 0.5) is 6.01 Å². The van der Waals surface area contributed by atoms with E-state index in [1.54, 1.807) is 12.4 Å². The van der Waals surface area contributed by atoms with Crippen LogP contribution in [-0.4, -0.2) is 28.8 Å². The molecule has 2 aromatic heterocycles. The maximum Gasteiger partial charge on any atom is 0.318 e. The molecule has 0 aliphatic carbocycles. The van der Waals surface area contributed by atoms with E-state index in [-0.39, 0.29) is 0 Å². The second-order valence-electron chi connectivity index (χ2n) is 3.97. The normalized spacial score (nSPS) is 10.6. The predicted molar refractivity (Wildman–Crippen MR) is 68.0 cm³/mol. The van der Waals surface area contributed by atoms with Crippen LogP contribution >= 0.6 is 0 Å². The quantitative estimate of drug-likeness (QED) is 0.827. The molecule has 0 atom stereocenters. The maximum atomic E-state index is 5.55. The lowest BCUT2D eigenvalue weighted by Crippen LogP contribution is -2.16. The Morgan fingerprint density at radius 3 is 2.78 bits per heavy atom. The molecular weight excluding hydrogens is 230 g/mol. The van der Waals surface area contributed by atoms with E-state index in [0.29, 0.717) is 25.0 Å². The molecule has 6 nitrogen and oxygen atoms in total. The topological polar surface area (TPSA) is 67.1 Å². The zero-order valence-corrected chi connectivity index (χ0v) is 10.6. The van der Waals surface area contributed by atoms with Crippen molar-refractivity contribution < 1.29 is 4.42 Å². The molecule has 6 heteroatoms. The fourth-order valence-electron chi connectivity index (χ4n) is 1.53. The number of rotatable bonds is 6. The van der Waals surface area contributed by atoms with E-state index in [0.717, 1.165) is 12.1 Å². The average Bonchev–Trinajstić information content (AvgIpc) is 2.86. The van der Waals surface area contributed by atoms with Crippen molar-refractivity contribution in [3.05, 3.63) is 36.0 Å². The second-order valence-corrected chi connectivity index (χ2v) is 3.97. The van der Waals surface area contributed by atoms with E-state index < -0.39 is 0 Å². The minimum Gasteiger partial charge on any atom is -0.407 e. The first-order valence-corrected chi connectivity index (χ1v) is 5.92. The van der Waals surface area contributed by atoms with E-state index in [2.05, 4.69) is 20.5 Å². The first-order chi connectivity index (χ1) is 8.79. The summed E-state index contributed by atoms with van der Waals surface area (Å²) in [5.74, 6) is 0.605. The summed E-state index contributed by atoms with van der Waals surface area (Å²) in [7, 11) is 1.92. The number of aromatic nitrogens is 3. The van der Waals surface area contributed by atoms with Crippen LogP contribution in [0.1, 0.15) is 18.4 Å². The molecule has 18 heavy (non-hydrogen) atoms. The highest BCUT2D eigenvalue weighted by molar-refractivity contribution is 5.25. The molecule has 0 radical (unpaired) electrons. The lowest BCUT2D eigenvalue weighted by atomic mass is 10.2. The third-order valence-electron chi connectivity index (χ3n) is 2.48. The number of nitrogens with one attached hydrogen (secondary N) is 1. The minimum atomic E-state index is 0.528. The van der Waals surface area contributed by atoms with Crippen LogP contribution in [0.5, 0.6) is 0 Å². The fraction of sp³-hybridized carbons (Fsp3) is 0.417. The van der Waals surface area contributed by atoms with Crippen LogP contribution in [0, 0.1) is 0 Å². The van der Waals surface area contributed by atoms with Crippen molar-refractivity contribution in [1.82, 2.24) is 20.5 Å². The molecule has 0 amide bonds. The van der Waals surface area contributed by atoms with Crippen molar-refractivity contribution in [2.24, 2.45) is 0 Å². The van der Waals surface area contributed by atoms with E-state index in [4.69, 9.17) is 4.42 Å². The van der Waals surface area contributed by atoms with Crippen molar-refractivity contribution in [1.29, 1.82) is 0 Å². The van der Waals surface area contributed by atoms with Gasteiger partial charge < -0.3 is 14.6 Å². The summed E-state index contributed by atoms with van der Waals surface area (Å²) in [4.78, 5) is 5.90. The van der Waals surface area contributed by atoms with E-state index in [1.165, 1.54) is 0 Å². The Morgan fingerprint density at radius 1 is 1.28 bits per heavy atom. The number of pyridine rings is 1. The van der Waals surface area contributed by atoms with Gasteiger partial charge in [0.2, 0.25) is 5.89 Å². The molecule has 2 heterocycles. The molecule has 2 rings (SSSR count). The summed E-state index contributed by atoms with van der Waals surface area (Å²) < 4.78 is 5.55. The van der Waals surface area contributed by atoms with Gasteiger partial charge in [-0.2, -0.15) is 0 Å². The summed E-state index contributed by atoms with van der Waals surface area (Å²) in [6.07, 6.45) is 3.54. The van der Waals surface area contributed by atoms with Crippen molar-refractivity contribution in [2.45, 2.75) is 20.0 Å². The first kappa shape index (κ1) is 12.5. The first-order valence-electron chi connectivity index (χ1n) is 5.92. The van der Waals surface area contributed by atoms with Gasteiger partial charge >= 0.3 is 6.01 Å². The Kier molecular flexibility index (Phi) is 4.25. The molecule has 0 saturated carbocycles. The van der Waals surface area contributed by atoms with Gasteiger partial charge in [-0.05, 0) is 24.2 Å². The Balaban J connectivity index is 1.96. The summed E-state index contributed by atoms with van der Waals surface area (Å²) in [6, 6.07) is 4.46. The summed E-state index contributed by atoms with van der Waals surface area (Å²) in [6.45, 7) is 4.23. The molecule has 0 fully saturated rings. The van der Waals surface area contributed by atoms with Crippen LogP contribution < -0.4 is 10.2 Å². The number of hydrogen-bond donors (Lipinski definition) is 1. The molecule has 1 N–H and O–H groups in total. The lowest BCUT2D eigenvalue weighted by Gasteiger charge is -2.13. The maximum absolute atomic E-state index is 5.55. The average molecular weight is 247 g/mol. The van der Waals surface area contributed by atoms with Gasteiger partial charge in [0, 0.05) is 26.0 Å². The molecule has 0 spiro atoms. The largest absolute Gasteiger partial charge is 0.407 e. The smallest absolute Gasteiger partial charge is 0.318 e. The Hall–Kier alpha value is -1.95.